The number of hydrogen-bond acceptors (Lipinski definition) is 2. The van der Waals surface area contributed by atoms with Crippen LogP contribution >= 0.6 is 11.6 Å². The Bertz CT molecular complexity index is 315. The molecule has 16 heavy (non-hydrogen) atoms. The fraction of sp³-hybridized carbons (Fsp3) is 0.615. The van der Waals surface area contributed by atoms with Crippen molar-refractivity contribution in [2.24, 2.45) is 0 Å². The van der Waals surface area contributed by atoms with Crippen molar-refractivity contribution in [3.05, 3.63) is 29.0 Å². The summed E-state index contributed by atoms with van der Waals surface area (Å²) < 4.78 is 0. The lowest BCUT2D eigenvalue weighted by Crippen LogP contribution is -2.33. The topological polar surface area (TPSA) is 24.9 Å². The van der Waals surface area contributed by atoms with Crippen molar-refractivity contribution in [3.63, 3.8) is 0 Å². The van der Waals surface area contributed by atoms with Crippen molar-refractivity contribution >= 4 is 11.6 Å². The van der Waals surface area contributed by atoms with Gasteiger partial charge in [-0.15, -0.1) is 0 Å². The fourth-order valence-corrected chi connectivity index (χ4v) is 2.27. The lowest BCUT2D eigenvalue weighted by atomic mass is 9.92. The zero-order chi connectivity index (χ0) is 12.0. The van der Waals surface area contributed by atoms with Crippen LogP contribution in [0.25, 0.3) is 0 Å². The molecule has 2 unspecified atom stereocenters. The van der Waals surface area contributed by atoms with Crippen LogP contribution in [0.1, 0.15) is 45.1 Å². The molecular formula is C13H21ClN2. The van der Waals surface area contributed by atoms with Crippen molar-refractivity contribution < 1.29 is 0 Å². The summed E-state index contributed by atoms with van der Waals surface area (Å²) in [4.78, 5) is 4.02. The van der Waals surface area contributed by atoms with Crippen molar-refractivity contribution in [3.8, 4) is 0 Å². The molecule has 0 fully saturated rings. The summed E-state index contributed by atoms with van der Waals surface area (Å²) >= 11 is 6.16. The number of hydrogen-bond donors (Lipinski definition) is 1. The predicted octanol–water partition coefficient (Wildman–Crippen LogP) is 3.62. The minimum atomic E-state index is 0.423. The van der Waals surface area contributed by atoms with Crippen molar-refractivity contribution in [2.75, 3.05) is 6.54 Å². The zero-order valence-electron chi connectivity index (χ0n) is 10.3. The summed E-state index contributed by atoms with van der Waals surface area (Å²) in [6.07, 6.45) is 5.80. The van der Waals surface area contributed by atoms with E-state index in [0.29, 0.717) is 12.0 Å². The van der Waals surface area contributed by atoms with Gasteiger partial charge in [0.2, 0.25) is 0 Å². The second kappa shape index (κ2) is 6.87. The highest BCUT2D eigenvalue weighted by atomic mass is 35.5. The maximum Gasteiger partial charge on any atom is 0.0624 e. The molecule has 0 saturated heterocycles. The molecule has 1 aromatic heterocycles. The highest BCUT2D eigenvalue weighted by Gasteiger charge is 2.18. The van der Waals surface area contributed by atoms with Crippen LogP contribution < -0.4 is 5.32 Å². The van der Waals surface area contributed by atoms with Crippen LogP contribution in [-0.4, -0.2) is 17.6 Å². The average molecular weight is 241 g/mol. The van der Waals surface area contributed by atoms with E-state index in [1.165, 1.54) is 5.56 Å². The van der Waals surface area contributed by atoms with E-state index in [9.17, 15) is 0 Å². The Morgan fingerprint density at radius 3 is 2.75 bits per heavy atom. The van der Waals surface area contributed by atoms with Gasteiger partial charge in [-0.05, 0) is 36.9 Å². The van der Waals surface area contributed by atoms with Crippen LogP contribution in [-0.2, 0) is 0 Å². The third-order valence-electron chi connectivity index (χ3n) is 2.99. The Kier molecular flexibility index (Phi) is 5.78. The zero-order valence-corrected chi connectivity index (χ0v) is 11.1. The molecule has 90 valence electrons. The minimum Gasteiger partial charge on any atom is -0.313 e. The average Bonchev–Trinajstić information content (AvgIpc) is 2.30. The molecular weight excluding hydrogens is 220 g/mol. The van der Waals surface area contributed by atoms with Crippen LogP contribution in [0.15, 0.2) is 18.5 Å². The first-order valence-electron chi connectivity index (χ1n) is 6.03. The smallest absolute Gasteiger partial charge is 0.0624 e. The Balaban J connectivity index is 2.74. The van der Waals surface area contributed by atoms with Gasteiger partial charge < -0.3 is 5.32 Å². The van der Waals surface area contributed by atoms with Gasteiger partial charge in [-0.2, -0.15) is 0 Å². The summed E-state index contributed by atoms with van der Waals surface area (Å²) in [5.41, 5.74) is 1.19. The molecule has 0 aliphatic rings. The second-order valence-corrected chi connectivity index (χ2v) is 4.56. The standard InChI is InChI=1S/C13H21ClN2/c1-4-7-16-13(5-2)10(3)11-6-8-15-9-12(11)14/h6,8-10,13,16H,4-5,7H2,1-3H3. The minimum absolute atomic E-state index is 0.423. The molecule has 0 radical (unpaired) electrons. The molecule has 0 aromatic carbocycles. The first-order valence-corrected chi connectivity index (χ1v) is 6.41. The molecule has 0 aliphatic carbocycles. The maximum absolute atomic E-state index is 6.16. The van der Waals surface area contributed by atoms with Gasteiger partial charge in [0.05, 0.1) is 5.02 Å². The summed E-state index contributed by atoms with van der Waals surface area (Å²) in [6, 6.07) is 2.50. The van der Waals surface area contributed by atoms with E-state index in [2.05, 4.69) is 31.1 Å². The molecule has 0 amide bonds. The number of nitrogens with one attached hydrogen (secondary N) is 1. The van der Waals surface area contributed by atoms with Gasteiger partial charge in [0, 0.05) is 18.4 Å². The number of pyridine rings is 1. The van der Waals surface area contributed by atoms with Crippen LogP contribution in [0.5, 0.6) is 0 Å². The highest BCUT2D eigenvalue weighted by molar-refractivity contribution is 6.31. The van der Waals surface area contributed by atoms with Crippen LogP contribution in [0.2, 0.25) is 5.02 Å². The Hall–Kier alpha value is -0.600. The van der Waals surface area contributed by atoms with E-state index in [0.717, 1.165) is 24.4 Å². The summed E-state index contributed by atoms with van der Waals surface area (Å²) in [6.45, 7) is 7.67. The van der Waals surface area contributed by atoms with Crippen LogP contribution in [0.3, 0.4) is 0 Å². The number of rotatable bonds is 6. The first kappa shape index (κ1) is 13.5. The normalized spacial score (nSPS) is 14.8. The molecule has 0 bridgehead atoms. The lowest BCUT2D eigenvalue weighted by Gasteiger charge is -2.24. The van der Waals surface area contributed by atoms with Gasteiger partial charge in [-0.25, -0.2) is 0 Å². The summed E-state index contributed by atoms with van der Waals surface area (Å²) in [5, 5.41) is 4.34. The van der Waals surface area contributed by atoms with Gasteiger partial charge in [-0.3, -0.25) is 4.98 Å². The lowest BCUT2D eigenvalue weighted by molar-refractivity contribution is 0.438. The van der Waals surface area contributed by atoms with Crippen molar-refractivity contribution in [1.82, 2.24) is 10.3 Å². The van der Waals surface area contributed by atoms with Gasteiger partial charge in [0.25, 0.3) is 0 Å². The summed E-state index contributed by atoms with van der Waals surface area (Å²) in [7, 11) is 0. The molecule has 0 aliphatic heterocycles. The molecule has 2 nitrogen and oxygen atoms in total. The monoisotopic (exact) mass is 240 g/mol. The van der Waals surface area contributed by atoms with Crippen molar-refractivity contribution in [1.29, 1.82) is 0 Å². The van der Waals surface area contributed by atoms with E-state index in [1.807, 2.05) is 12.3 Å². The third-order valence-corrected chi connectivity index (χ3v) is 3.31. The van der Waals surface area contributed by atoms with E-state index in [1.54, 1.807) is 6.20 Å². The second-order valence-electron chi connectivity index (χ2n) is 4.15. The molecule has 0 saturated carbocycles. The highest BCUT2D eigenvalue weighted by Crippen LogP contribution is 2.27. The van der Waals surface area contributed by atoms with E-state index in [4.69, 9.17) is 11.6 Å². The van der Waals surface area contributed by atoms with E-state index in [-0.39, 0.29) is 0 Å². The number of halogens is 1. The largest absolute Gasteiger partial charge is 0.313 e. The Morgan fingerprint density at radius 1 is 1.44 bits per heavy atom. The molecule has 1 heterocycles. The number of nitrogens with zero attached hydrogens (tertiary/aromatic N) is 1. The van der Waals surface area contributed by atoms with Gasteiger partial charge in [-0.1, -0.05) is 32.4 Å². The summed E-state index contributed by atoms with van der Waals surface area (Å²) in [5.74, 6) is 0.423. The third kappa shape index (κ3) is 3.46. The first-order chi connectivity index (χ1) is 7.70. The molecule has 1 N–H and O–H groups in total. The predicted molar refractivity (Wildman–Crippen MR) is 70.0 cm³/mol. The van der Waals surface area contributed by atoms with Crippen LogP contribution in [0, 0.1) is 0 Å². The van der Waals surface area contributed by atoms with E-state index < -0.39 is 0 Å². The van der Waals surface area contributed by atoms with E-state index >= 15 is 0 Å². The van der Waals surface area contributed by atoms with Crippen LogP contribution in [0.4, 0.5) is 0 Å². The molecule has 2 atom stereocenters. The molecule has 3 heteroatoms. The Morgan fingerprint density at radius 2 is 2.19 bits per heavy atom. The van der Waals surface area contributed by atoms with Gasteiger partial charge in [0.1, 0.15) is 0 Å². The van der Waals surface area contributed by atoms with Gasteiger partial charge >= 0.3 is 0 Å². The van der Waals surface area contributed by atoms with Crippen molar-refractivity contribution in [2.45, 2.75) is 45.6 Å². The maximum atomic E-state index is 6.16. The Labute approximate surface area is 103 Å². The fourth-order valence-electron chi connectivity index (χ4n) is 1.98. The number of aromatic nitrogens is 1. The SMILES string of the molecule is CCCNC(CC)C(C)c1ccncc1Cl. The molecule has 0 spiro atoms. The van der Waals surface area contributed by atoms with Gasteiger partial charge in [0.15, 0.2) is 0 Å². The quantitative estimate of drug-likeness (QED) is 0.822. The molecule has 1 aromatic rings. The molecule has 1 rings (SSSR count).